The largest absolute Gasteiger partial charge is 0.369 e. The summed E-state index contributed by atoms with van der Waals surface area (Å²) in [5, 5.41) is 5.74. The number of carbonyl (C=O) groups excluding carboxylic acids is 3. The Morgan fingerprint density at radius 3 is 2.37 bits per heavy atom. The van der Waals surface area contributed by atoms with Crippen LogP contribution in [0.25, 0.3) is 0 Å². The molecule has 27 heavy (non-hydrogen) atoms. The van der Waals surface area contributed by atoms with E-state index >= 15 is 0 Å². The van der Waals surface area contributed by atoms with Gasteiger partial charge in [0.2, 0.25) is 11.8 Å². The van der Waals surface area contributed by atoms with Crippen molar-refractivity contribution >= 4 is 35.2 Å². The summed E-state index contributed by atoms with van der Waals surface area (Å²) >= 11 is 1.24. The van der Waals surface area contributed by atoms with Gasteiger partial charge in [-0.15, -0.1) is 11.8 Å². The Morgan fingerprint density at radius 2 is 1.74 bits per heavy atom. The Kier molecular flexibility index (Phi) is 7.43. The first-order valence-electron chi connectivity index (χ1n) is 8.61. The minimum absolute atomic E-state index is 0.0471. The Balaban J connectivity index is 2.05. The van der Waals surface area contributed by atoms with E-state index in [1.807, 2.05) is 37.3 Å². The zero-order valence-electron chi connectivity index (χ0n) is 15.3. The molecule has 0 bridgehead atoms. The van der Waals surface area contributed by atoms with Gasteiger partial charge < -0.3 is 16.4 Å². The normalized spacial score (nSPS) is 11.5. The van der Waals surface area contributed by atoms with Crippen LogP contribution < -0.4 is 16.4 Å². The molecule has 6 nitrogen and oxygen atoms in total. The highest BCUT2D eigenvalue weighted by atomic mass is 32.2. The quantitative estimate of drug-likeness (QED) is 0.608. The van der Waals surface area contributed by atoms with Gasteiger partial charge in [-0.1, -0.05) is 31.2 Å². The van der Waals surface area contributed by atoms with E-state index in [-0.39, 0.29) is 23.6 Å². The molecular weight excluding hydrogens is 362 g/mol. The zero-order valence-corrected chi connectivity index (χ0v) is 16.1. The maximum atomic E-state index is 12.6. The SMILES string of the molecule is CCC(=O)Nc1ccc(C(C)NC(=O)c2ccccc2SCC(N)=O)cc1. The van der Waals surface area contributed by atoms with Crippen LogP contribution in [0.5, 0.6) is 0 Å². The number of anilines is 1. The van der Waals surface area contributed by atoms with Crippen molar-refractivity contribution in [2.24, 2.45) is 5.73 Å². The zero-order chi connectivity index (χ0) is 19.8. The molecule has 0 saturated carbocycles. The van der Waals surface area contributed by atoms with Crippen LogP contribution in [-0.4, -0.2) is 23.5 Å². The van der Waals surface area contributed by atoms with Crippen molar-refractivity contribution in [3.05, 3.63) is 59.7 Å². The number of thioether (sulfide) groups is 1. The minimum Gasteiger partial charge on any atom is -0.369 e. The topological polar surface area (TPSA) is 101 Å². The second-order valence-electron chi connectivity index (χ2n) is 5.97. The number of carbonyl (C=O) groups is 3. The van der Waals surface area contributed by atoms with E-state index < -0.39 is 5.91 Å². The van der Waals surface area contributed by atoms with Gasteiger partial charge in [0.15, 0.2) is 0 Å². The van der Waals surface area contributed by atoms with Crippen molar-refractivity contribution < 1.29 is 14.4 Å². The number of nitrogens with two attached hydrogens (primary N) is 1. The van der Waals surface area contributed by atoms with E-state index in [0.29, 0.717) is 16.9 Å². The lowest BCUT2D eigenvalue weighted by atomic mass is 10.1. The molecule has 1 atom stereocenters. The number of hydrogen-bond donors (Lipinski definition) is 3. The van der Waals surface area contributed by atoms with Crippen LogP contribution in [0.4, 0.5) is 5.69 Å². The fraction of sp³-hybridized carbons (Fsp3) is 0.250. The maximum Gasteiger partial charge on any atom is 0.252 e. The van der Waals surface area contributed by atoms with Crippen LogP contribution in [0.1, 0.15) is 42.2 Å². The minimum atomic E-state index is -0.432. The van der Waals surface area contributed by atoms with Crippen LogP contribution in [0.2, 0.25) is 0 Å². The van der Waals surface area contributed by atoms with Crippen LogP contribution in [0.15, 0.2) is 53.4 Å². The van der Waals surface area contributed by atoms with Gasteiger partial charge in [-0.2, -0.15) is 0 Å². The average Bonchev–Trinajstić information content (AvgIpc) is 2.66. The Morgan fingerprint density at radius 1 is 1.07 bits per heavy atom. The second kappa shape index (κ2) is 9.78. The standard InChI is InChI=1S/C20H23N3O3S/c1-3-19(25)23-15-10-8-14(9-11-15)13(2)22-20(26)16-6-4-5-7-17(16)27-12-18(21)24/h4-11,13H,3,12H2,1-2H3,(H2,21,24)(H,22,26)(H,23,25). The lowest BCUT2D eigenvalue weighted by molar-refractivity contribution is -0.116. The summed E-state index contributed by atoms with van der Waals surface area (Å²) in [6.45, 7) is 3.68. The molecule has 0 aliphatic heterocycles. The molecule has 7 heteroatoms. The van der Waals surface area contributed by atoms with Crippen LogP contribution >= 0.6 is 11.8 Å². The van der Waals surface area contributed by atoms with Gasteiger partial charge >= 0.3 is 0 Å². The third-order valence-corrected chi connectivity index (χ3v) is 4.96. The molecule has 0 aromatic heterocycles. The molecule has 0 spiro atoms. The van der Waals surface area contributed by atoms with Gasteiger partial charge in [-0.3, -0.25) is 14.4 Å². The maximum absolute atomic E-state index is 12.6. The highest BCUT2D eigenvalue weighted by molar-refractivity contribution is 8.00. The number of rotatable bonds is 8. The van der Waals surface area contributed by atoms with Crippen molar-refractivity contribution in [3.8, 4) is 0 Å². The molecule has 0 saturated heterocycles. The molecule has 0 radical (unpaired) electrons. The lowest BCUT2D eigenvalue weighted by Crippen LogP contribution is -2.27. The summed E-state index contributed by atoms with van der Waals surface area (Å²) in [4.78, 5) is 35.8. The molecule has 0 aliphatic carbocycles. The summed E-state index contributed by atoms with van der Waals surface area (Å²) in [7, 11) is 0. The van der Waals surface area contributed by atoms with E-state index in [9.17, 15) is 14.4 Å². The number of primary amides is 1. The smallest absolute Gasteiger partial charge is 0.252 e. The third-order valence-electron chi connectivity index (χ3n) is 3.86. The van der Waals surface area contributed by atoms with E-state index in [1.54, 1.807) is 25.1 Å². The predicted molar refractivity (Wildman–Crippen MR) is 108 cm³/mol. The van der Waals surface area contributed by atoms with Crippen molar-refractivity contribution in [2.75, 3.05) is 11.1 Å². The highest BCUT2D eigenvalue weighted by Gasteiger charge is 2.15. The fourth-order valence-electron chi connectivity index (χ4n) is 2.39. The van der Waals surface area contributed by atoms with Gasteiger partial charge in [0.1, 0.15) is 0 Å². The van der Waals surface area contributed by atoms with E-state index in [0.717, 1.165) is 11.3 Å². The summed E-state index contributed by atoms with van der Waals surface area (Å²) in [5.41, 5.74) is 7.33. The van der Waals surface area contributed by atoms with E-state index in [4.69, 9.17) is 5.73 Å². The summed E-state index contributed by atoms with van der Waals surface area (Å²) in [5.74, 6) is -0.587. The Hall–Kier alpha value is -2.80. The van der Waals surface area contributed by atoms with Gasteiger partial charge in [-0.05, 0) is 36.8 Å². The molecule has 2 rings (SSSR count). The van der Waals surface area contributed by atoms with Gasteiger partial charge in [0, 0.05) is 17.0 Å². The first-order valence-corrected chi connectivity index (χ1v) is 9.60. The monoisotopic (exact) mass is 385 g/mol. The van der Waals surface area contributed by atoms with Gasteiger partial charge in [-0.25, -0.2) is 0 Å². The highest BCUT2D eigenvalue weighted by Crippen LogP contribution is 2.23. The average molecular weight is 385 g/mol. The molecule has 3 amide bonds. The number of nitrogens with one attached hydrogen (secondary N) is 2. The number of benzene rings is 2. The van der Waals surface area contributed by atoms with E-state index in [2.05, 4.69) is 10.6 Å². The molecule has 0 fully saturated rings. The van der Waals surface area contributed by atoms with Crippen LogP contribution in [0.3, 0.4) is 0 Å². The van der Waals surface area contributed by atoms with Crippen molar-refractivity contribution in [2.45, 2.75) is 31.2 Å². The van der Waals surface area contributed by atoms with Gasteiger partial charge in [0.05, 0.1) is 17.4 Å². The van der Waals surface area contributed by atoms with Crippen molar-refractivity contribution in [1.29, 1.82) is 0 Å². The second-order valence-corrected chi connectivity index (χ2v) is 6.99. The lowest BCUT2D eigenvalue weighted by Gasteiger charge is -2.16. The summed E-state index contributed by atoms with van der Waals surface area (Å²) in [6.07, 6.45) is 0.418. The first kappa shape index (κ1) is 20.5. The summed E-state index contributed by atoms with van der Waals surface area (Å²) < 4.78 is 0. The predicted octanol–water partition coefficient (Wildman–Crippen LogP) is 3.10. The van der Waals surface area contributed by atoms with Gasteiger partial charge in [0.25, 0.3) is 5.91 Å². The fourth-order valence-corrected chi connectivity index (χ4v) is 3.18. The molecular formula is C20H23N3O3S. The third kappa shape index (κ3) is 6.14. The molecule has 2 aromatic carbocycles. The van der Waals surface area contributed by atoms with Crippen LogP contribution in [0, 0.1) is 0 Å². The molecule has 0 aliphatic rings. The Labute approximate surface area is 162 Å². The molecule has 0 heterocycles. The number of amides is 3. The van der Waals surface area contributed by atoms with E-state index in [1.165, 1.54) is 11.8 Å². The molecule has 1 unspecified atom stereocenters. The van der Waals surface area contributed by atoms with Crippen molar-refractivity contribution in [1.82, 2.24) is 5.32 Å². The van der Waals surface area contributed by atoms with Crippen LogP contribution in [-0.2, 0) is 9.59 Å². The number of hydrogen-bond acceptors (Lipinski definition) is 4. The summed E-state index contributed by atoms with van der Waals surface area (Å²) in [6, 6.07) is 14.2. The molecule has 142 valence electrons. The molecule has 4 N–H and O–H groups in total. The van der Waals surface area contributed by atoms with Crippen molar-refractivity contribution in [3.63, 3.8) is 0 Å². The Bertz CT molecular complexity index is 821. The molecule has 2 aromatic rings. The first-order chi connectivity index (χ1) is 12.9.